The number of carbonyl (C=O) groups is 1. The highest BCUT2D eigenvalue weighted by Gasteiger charge is 2.28. The van der Waals surface area contributed by atoms with Gasteiger partial charge >= 0.3 is 0 Å². The van der Waals surface area contributed by atoms with Crippen LogP contribution in [0.4, 0.5) is 0 Å². The lowest BCUT2D eigenvalue weighted by molar-refractivity contribution is 0.0970. The molecule has 0 saturated heterocycles. The van der Waals surface area contributed by atoms with Crippen molar-refractivity contribution < 1.29 is 4.79 Å². The number of aromatic nitrogens is 2. The normalized spacial score (nSPS) is 16.0. The van der Waals surface area contributed by atoms with Gasteiger partial charge in [-0.3, -0.25) is 9.48 Å². The maximum absolute atomic E-state index is 12.0. The van der Waals surface area contributed by atoms with Gasteiger partial charge in [0.1, 0.15) is 0 Å². The topological polar surface area (TPSA) is 34.9 Å². The smallest absolute Gasteiger partial charge is 0.166 e. The van der Waals surface area contributed by atoms with Crippen molar-refractivity contribution in [3.63, 3.8) is 0 Å². The summed E-state index contributed by atoms with van der Waals surface area (Å²) in [5.41, 5.74) is 3.08. The summed E-state index contributed by atoms with van der Waals surface area (Å²) in [6.07, 6.45) is 2.66. The summed E-state index contributed by atoms with van der Waals surface area (Å²) in [4.78, 5) is 12.0. The van der Waals surface area contributed by atoms with Gasteiger partial charge in [-0.2, -0.15) is 5.10 Å². The molecule has 0 radical (unpaired) electrons. The van der Waals surface area contributed by atoms with Crippen LogP contribution in [0.25, 0.3) is 0 Å². The Morgan fingerprint density at radius 1 is 1.19 bits per heavy atom. The molecule has 1 aromatic heterocycles. The molecule has 3 heteroatoms. The van der Waals surface area contributed by atoms with Crippen LogP contribution < -0.4 is 0 Å². The molecule has 0 saturated carbocycles. The SMILES string of the molecule is CC(C)c1nn(C(C)C)c2c1C(=O)CCC2. The lowest BCUT2D eigenvalue weighted by atomic mass is 9.91. The zero-order valence-corrected chi connectivity index (χ0v) is 10.6. The van der Waals surface area contributed by atoms with Crippen molar-refractivity contribution in [1.29, 1.82) is 0 Å². The molecule has 16 heavy (non-hydrogen) atoms. The first-order valence-electron chi connectivity index (χ1n) is 6.16. The van der Waals surface area contributed by atoms with E-state index >= 15 is 0 Å². The van der Waals surface area contributed by atoms with Gasteiger partial charge in [0.05, 0.1) is 11.3 Å². The third kappa shape index (κ3) is 1.68. The summed E-state index contributed by atoms with van der Waals surface area (Å²) in [5, 5.41) is 4.64. The Bertz CT molecular complexity index is 416. The highest BCUT2D eigenvalue weighted by molar-refractivity contribution is 5.99. The number of fused-ring (bicyclic) bond motifs is 1. The second-order valence-corrected chi connectivity index (χ2v) is 5.18. The summed E-state index contributed by atoms with van der Waals surface area (Å²) >= 11 is 0. The van der Waals surface area contributed by atoms with Crippen LogP contribution >= 0.6 is 0 Å². The van der Waals surface area contributed by atoms with E-state index in [4.69, 9.17) is 0 Å². The predicted octanol–water partition coefficient (Wildman–Crippen LogP) is 3.11. The molecule has 0 aromatic carbocycles. The van der Waals surface area contributed by atoms with Gasteiger partial charge in [0, 0.05) is 18.2 Å². The van der Waals surface area contributed by atoms with Crippen molar-refractivity contribution in [2.75, 3.05) is 0 Å². The van der Waals surface area contributed by atoms with Gasteiger partial charge in [-0.1, -0.05) is 13.8 Å². The van der Waals surface area contributed by atoms with Gasteiger partial charge in [-0.25, -0.2) is 0 Å². The van der Waals surface area contributed by atoms with Crippen LogP contribution in [0.3, 0.4) is 0 Å². The fraction of sp³-hybridized carbons (Fsp3) is 0.692. The predicted molar refractivity (Wildman–Crippen MR) is 64.0 cm³/mol. The van der Waals surface area contributed by atoms with Crippen LogP contribution in [-0.2, 0) is 6.42 Å². The molecule has 1 heterocycles. The number of nitrogens with zero attached hydrogens (tertiary/aromatic N) is 2. The number of carbonyl (C=O) groups excluding carboxylic acids is 1. The van der Waals surface area contributed by atoms with Crippen LogP contribution in [0.2, 0.25) is 0 Å². The van der Waals surface area contributed by atoms with Crippen molar-refractivity contribution in [3.05, 3.63) is 17.0 Å². The molecule has 0 aliphatic heterocycles. The summed E-state index contributed by atoms with van der Waals surface area (Å²) in [5.74, 6) is 0.618. The molecule has 0 bridgehead atoms. The lowest BCUT2D eigenvalue weighted by Gasteiger charge is -2.15. The maximum atomic E-state index is 12.0. The monoisotopic (exact) mass is 220 g/mol. The first-order valence-corrected chi connectivity index (χ1v) is 6.16. The summed E-state index contributed by atoms with van der Waals surface area (Å²) in [7, 11) is 0. The van der Waals surface area contributed by atoms with Gasteiger partial charge in [0.15, 0.2) is 5.78 Å². The summed E-state index contributed by atoms with van der Waals surface area (Å²) in [6.45, 7) is 8.46. The van der Waals surface area contributed by atoms with E-state index in [1.165, 1.54) is 0 Å². The standard InChI is InChI=1S/C13H20N2O/c1-8(2)13-12-10(6-5-7-11(12)16)15(14-13)9(3)4/h8-9H,5-7H2,1-4H3. The number of hydrogen-bond acceptors (Lipinski definition) is 2. The zero-order valence-electron chi connectivity index (χ0n) is 10.6. The largest absolute Gasteiger partial charge is 0.294 e. The first-order chi connectivity index (χ1) is 7.52. The van der Waals surface area contributed by atoms with Crippen LogP contribution in [0.15, 0.2) is 0 Å². The minimum Gasteiger partial charge on any atom is -0.294 e. The third-order valence-electron chi connectivity index (χ3n) is 3.17. The first kappa shape index (κ1) is 11.4. The number of ketones is 1. The molecule has 1 aromatic rings. The van der Waals surface area contributed by atoms with E-state index in [9.17, 15) is 4.79 Å². The Morgan fingerprint density at radius 3 is 2.44 bits per heavy atom. The Kier molecular flexibility index (Phi) is 2.87. The molecular weight excluding hydrogens is 200 g/mol. The quantitative estimate of drug-likeness (QED) is 0.767. The van der Waals surface area contributed by atoms with Gasteiger partial charge in [0.2, 0.25) is 0 Å². The van der Waals surface area contributed by atoms with Crippen LogP contribution in [0.1, 0.15) is 74.2 Å². The second kappa shape index (κ2) is 4.04. The molecule has 88 valence electrons. The molecule has 0 N–H and O–H groups in total. The molecule has 0 fully saturated rings. The van der Waals surface area contributed by atoms with Gasteiger partial charge in [-0.15, -0.1) is 0 Å². The summed E-state index contributed by atoms with van der Waals surface area (Å²) < 4.78 is 2.04. The van der Waals surface area contributed by atoms with E-state index in [0.29, 0.717) is 18.4 Å². The van der Waals surface area contributed by atoms with Crippen molar-refractivity contribution in [3.8, 4) is 0 Å². The minimum atomic E-state index is 0.289. The zero-order chi connectivity index (χ0) is 11.9. The van der Waals surface area contributed by atoms with Crippen molar-refractivity contribution in [2.45, 2.75) is 58.9 Å². The minimum absolute atomic E-state index is 0.289. The van der Waals surface area contributed by atoms with E-state index in [1.54, 1.807) is 0 Å². The molecule has 0 spiro atoms. The van der Waals surface area contributed by atoms with Gasteiger partial charge < -0.3 is 0 Å². The lowest BCUT2D eigenvalue weighted by Crippen LogP contribution is -2.15. The Balaban J connectivity index is 2.60. The van der Waals surface area contributed by atoms with Crippen molar-refractivity contribution >= 4 is 5.78 Å². The van der Waals surface area contributed by atoms with E-state index in [1.807, 2.05) is 4.68 Å². The Hall–Kier alpha value is -1.12. The average molecular weight is 220 g/mol. The second-order valence-electron chi connectivity index (χ2n) is 5.18. The van der Waals surface area contributed by atoms with E-state index in [2.05, 4.69) is 32.8 Å². The van der Waals surface area contributed by atoms with Crippen molar-refractivity contribution in [2.24, 2.45) is 0 Å². The third-order valence-corrected chi connectivity index (χ3v) is 3.17. The Labute approximate surface area is 96.8 Å². The molecule has 1 aliphatic carbocycles. The fourth-order valence-electron chi connectivity index (χ4n) is 2.40. The average Bonchev–Trinajstić information content (AvgIpc) is 2.58. The van der Waals surface area contributed by atoms with E-state index in [0.717, 1.165) is 29.8 Å². The van der Waals surface area contributed by atoms with Crippen molar-refractivity contribution in [1.82, 2.24) is 9.78 Å². The van der Waals surface area contributed by atoms with Crippen LogP contribution in [0.5, 0.6) is 0 Å². The number of Topliss-reactive ketones (excluding diaryl/α,β-unsaturated/α-hetero) is 1. The molecular formula is C13H20N2O. The van der Waals surface area contributed by atoms with E-state index in [-0.39, 0.29) is 5.78 Å². The van der Waals surface area contributed by atoms with E-state index < -0.39 is 0 Å². The van der Waals surface area contributed by atoms with Crippen LogP contribution in [0, 0.1) is 0 Å². The molecule has 0 atom stereocenters. The Morgan fingerprint density at radius 2 is 1.88 bits per heavy atom. The molecule has 2 rings (SSSR count). The maximum Gasteiger partial charge on any atom is 0.166 e. The van der Waals surface area contributed by atoms with Gasteiger partial charge in [0.25, 0.3) is 0 Å². The van der Waals surface area contributed by atoms with Gasteiger partial charge in [-0.05, 0) is 32.6 Å². The number of hydrogen-bond donors (Lipinski definition) is 0. The summed E-state index contributed by atoms with van der Waals surface area (Å²) in [6, 6.07) is 0.340. The van der Waals surface area contributed by atoms with Crippen LogP contribution in [-0.4, -0.2) is 15.6 Å². The molecule has 0 amide bonds. The molecule has 1 aliphatic rings. The molecule has 0 unspecified atom stereocenters. The molecule has 3 nitrogen and oxygen atoms in total. The highest BCUT2D eigenvalue weighted by Crippen LogP contribution is 2.30. The number of rotatable bonds is 2. The highest BCUT2D eigenvalue weighted by atomic mass is 16.1. The fourth-order valence-corrected chi connectivity index (χ4v) is 2.40.